The number of hydrogen-bond donors (Lipinski definition) is 2. The van der Waals surface area contributed by atoms with E-state index in [2.05, 4.69) is 26.9 Å². The van der Waals surface area contributed by atoms with E-state index in [0.717, 1.165) is 18.7 Å². The number of aryl methyl sites for hydroxylation is 1. The largest absolute Gasteiger partial charge is 0.409 e. The minimum Gasteiger partial charge on any atom is -0.409 e. The molecule has 1 heterocycles. The fourth-order valence-electron chi connectivity index (χ4n) is 1.94. The molecule has 98 valence electrons. The predicted molar refractivity (Wildman–Crippen MR) is 69.9 cm³/mol. The Labute approximate surface area is 107 Å². The van der Waals surface area contributed by atoms with Gasteiger partial charge in [-0.1, -0.05) is 12.1 Å². The fraction of sp³-hybridized carbons (Fsp3) is 0.583. The molecule has 1 aromatic heterocycles. The van der Waals surface area contributed by atoms with Crippen molar-refractivity contribution in [2.24, 2.45) is 10.9 Å². The van der Waals surface area contributed by atoms with Gasteiger partial charge in [-0.3, -0.25) is 0 Å². The molecule has 1 aliphatic carbocycles. The molecule has 0 bridgehead atoms. The lowest BCUT2D eigenvalue weighted by molar-refractivity contribution is 0.318. The summed E-state index contributed by atoms with van der Waals surface area (Å²) in [4.78, 5) is 11.0. The number of hydrogen-bond acceptors (Lipinski definition) is 5. The SMILES string of the molecule is CCCN(c1nc(C)cc(/C(N)=N/O)n1)C1CC1. The number of amidine groups is 1. The molecule has 0 aromatic carbocycles. The van der Waals surface area contributed by atoms with Crippen LogP contribution in [0.4, 0.5) is 5.95 Å². The highest BCUT2D eigenvalue weighted by atomic mass is 16.4. The first-order valence-corrected chi connectivity index (χ1v) is 6.26. The summed E-state index contributed by atoms with van der Waals surface area (Å²) in [6.45, 7) is 4.95. The second-order valence-electron chi connectivity index (χ2n) is 4.60. The number of rotatable bonds is 5. The van der Waals surface area contributed by atoms with Crippen molar-refractivity contribution in [2.45, 2.75) is 39.2 Å². The zero-order valence-corrected chi connectivity index (χ0v) is 10.8. The Hall–Kier alpha value is -1.85. The van der Waals surface area contributed by atoms with E-state index in [4.69, 9.17) is 10.9 Å². The maximum Gasteiger partial charge on any atom is 0.226 e. The summed E-state index contributed by atoms with van der Waals surface area (Å²) < 4.78 is 0. The Morgan fingerprint density at radius 1 is 1.56 bits per heavy atom. The molecule has 0 aliphatic heterocycles. The van der Waals surface area contributed by atoms with Gasteiger partial charge in [-0.15, -0.1) is 0 Å². The highest BCUT2D eigenvalue weighted by Crippen LogP contribution is 2.30. The normalized spacial score (nSPS) is 15.8. The van der Waals surface area contributed by atoms with Crippen LogP contribution >= 0.6 is 0 Å². The fourth-order valence-corrected chi connectivity index (χ4v) is 1.94. The Morgan fingerprint density at radius 3 is 2.83 bits per heavy atom. The maximum absolute atomic E-state index is 8.72. The van der Waals surface area contributed by atoms with Gasteiger partial charge >= 0.3 is 0 Å². The van der Waals surface area contributed by atoms with Crippen LogP contribution in [0.25, 0.3) is 0 Å². The number of nitrogens with two attached hydrogens (primary N) is 1. The molecule has 18 heavy (non-hydrogen) atoms. The average Bonchev–Trinajstić information content (AvgIpc) is 3.18. The summed E-state index contributed by atoms with van der Waals surface area (Å²) in [5, 5.41) is 11.7. The van der Waals surface area contributed by atoms with E-state index in [1.165, 1.54) is 12.8 Å². The molecule has 2 rings (SSSR count). The van der Waals surface area contributed by atoms with Crippen LogP contribution in [-0.4, -0.2) is 33.6 Å². The molecule has 3 N–H and O–H groups in total. The quantitative estimate of drug-likeness (QED) is 0.355. The van der Waals surface area contributed by atoms with E-state index in [-0.39, 0.29) is 5.84 Å². The van der Waals surface area contributed by atoms with Crippen molar-refractivity contribution in [1.29, 1.82) is 0 Å². The van der Waals surface area contributed by atoms with Crippen LogP contribution in [0.2, 0.25) is 0 Å². The van der Waals surface area contributed by atoms with Crippen LogP contribution in [0.1, 0.15) is 37.6 Å². The first-order valence-electron chi connectivity index (χ1n) is 6.26. The molecule has 0 radical (unpaired) electrons. The Kier molecular flexibility index (Phi) is 3.64. The third-order valence-electron chi connectivity index (χ3n) is 2.92. The second-order valence-corrected chi connectivity index (χ2v) is 4.60. The number of anilines is 1. The van der Waals surface area contributed by atoms with Crippen molar-refractivity contribution in [2.75, 3.05) is 11.4 Å². The lowest BCUT2D eigenvalue weighted by Crippen LogP contribution is -2.29. The Balaban J connectivity index is 2.33. The highest BCUT2D eigenvalue weighted by Gasteiger charge is 2.30. The van der Waals surface area contributed by atoms with Gasteiger partial charge in [0.25, 0.3) is 0 Å². The molecule has 0 unspecified atom stereocenters. The van der Waals surface area contributed by atoms with Crippen molar-refractivity contribution in [3.8, 4) is 0 Å². The number of oxime groups is 1. The summed E-state index contributed by atoms with van der Waals surface area (Å²) >= 11 is 0. The monoisotopic (exact) mass is 249 g/mol. The number of nitrogens with zero attached hydrogens (tertiary/aromatic N) is 4. The van der Waals surface area contributed by atoms with Crippen molar-refractivity contribution in [3.05, 3.63) is 17.5 Å². The molecular weight excluding hydrogens is 230 g/mol. The van der Waals surface area contributed by atoms with Crippen molar-refractivity contribution < 1.29 is 5.21 Å². The van der Waals surface area contributed by atoms with Crippen molar-refractivity contribution in [3.63, 3.8) is 0 Å². The predicted octanol–water partition coefficient (Wildman–Crippen LogP) is 1.26. The van der Waals surface area contributed by atoms with Crippen LogP contribution in [0.15, 0.2) is 11.2 Å². The van der Waals surface area contributed by atoms with Crippen molar-refractivity contribution >= 4 is 11.8 Å². The second kappa shape index (κ2) is 5.20. The first kappa shape index (κ1) is 12.6. The van der Waals surface area contributed by atoms with Gasteiger partial charge in [-0.05, 0) is 32.3 Å². The molecule has 0 atom stereocenters. The van der Waals surface area contributed by atoms with Crippen LogP contribution in [0, 0.1) is 6.92 Å². The lowest BCUT2D eigenvalue weighted by atomic mass is 10.3. The van der Waals surface area contributed by atoms with Gasteiger partial charge in [0.05, 0.1) is 0 Å². The van der Waals surface area contributed by atoms with Crippen LogP contribution in [-0.2, 0) is 0 Å². The van der Waals surface area contributed by atoms with Crippen molar-refractivity contribution in [1.82, 2.24) is 9.97 Å². The topological polar surface area (TPSA) is 87.6 Å². The molecule has 0 amide bonds. The van der Waals surface area contributed by atoms with Gasteiger partial charge in [-0.25, -0.2) is 9.97 Å². The Bertz CT molecular complexity index is 456. The molecule has 1 saturated carbocycles. The van der Waals surface area contributed by atoms with Crippen LogP contribution in [0.5, 0.6) is 0 Å². The van der Waals surface area contributed by atoms with E-state index < -0.39 is 0 Å². The van der Waals surface area contributed by atoms with Gasteiger partial charge < -0.3 is 15.8 Å². The van der Waals surface area contributed by atoms with E-state index in [1.807, 2.05) is 6.92 Å². The minimum atomic E-state index is 0.0222. The molecule has 0 spiro atoms. The molecule has 6 nitrogen and oxygen atoms in total. The number of aromatic nitrogens is 2. The van der Waals surface area contributed by atoms with E-state index in [9.17, 15) is 0 Å². The van der Waals surface area contributed by atoms with Gasteiger partial charge in [0.1, 0.15) is 5.69 Å². The van der Waals surface area contributed by atoms with E-state index in [0.29, 0.717) is 17.7 Å². The zero-order valence-electron chi connectivity index (χ0n) is 10.8. The summed E-state index contributed by atoms with van der Waals surface area (Å²) in [5.74, 6) is 0.704. The molecule has 1 fully saturated rings. The lowest BCUT2D eigenvalue weighted by Gasteiger charge is -2.22. The summed E-state index contributed by atoms with van der Waals surface area (Å²) in [5.41, 5.74) is 6.89. The van der Waals surface area contributed by atoms with Crippen LogP contribution in [0.3, 0.4) is 0 Å². The van der Waals surface area contributed by atoms with Crippen LogP contribution < -0.4 is 10.6 Å². The Morgan fingerprint density at radius 2 is 2.28 bits per heavy atom. The smallest absolute Gasteiger partial charge is 0.226 e. The first-order chi connectivity index (χ1) is 8.65. The standard InChI is InChI=1S/C12H19N5O/c1-3-6-17(9-4-5-9)12-14-8(2)7-10(15-12)11(13)16-18/h7,9,18H,3-6H2,1-2H3,(H2,13,16). The summed E-state index contributed by atoms with van der Waals surface area (Å²) in [6, 6.07) is 2.27. The van der Waals surface area contributed by atoms with E-state index in [1.54, 1.807) is 6.07 Å². The van der Waals surface area contributed by atoms with Gasteiger partial charge in [0.15, 0.2) is 5.84 Å². The van der Waals surface area contributed by atoms with Gasteiger partial charge in [0, 0.05) is 18.3 Å². The van der Waals surface area contributed by atoms with Gasteiger partial charge in [0.2, 0.25) is 5.95 Å². The van der Waals surface area contributed by atoms with E-state index >= 15 is 0 Å². The molecular formula is C12H19N5O. The van der Waals surface area contributed by atoms with Gasteiger partial charge in [-0.2, -0.15) is 0 Å². The third kappa shape index (κ3) is 2.69. The highest BCUT2D eigenvalue weighted by molar-refractivity contribution is 5.95. The summed E-state index contributed by atoms with van der Waals surface area (Å²) in [7, 11) is 0. The molecule has 1 aliphatic rings. The third-order valence-corrected chi connectivity index (χ3v) is 2.92. The minimum absolute atomic E-state index is 0.0222. The molecule has 1 aromatic rings. The average molecular weight is 249 g/mol. The summed E-state index contributed by atoms with van der Waals surface area (Å²) in [6.07, 6.45) is 3.43. The zero-order chi connectivity index (χ0) is 13.1. The molecule has 0 saturated heterocycles. The maximum atomic E-state index is 8.72. The molecule has 6 heteroatoms.